The number of hydrogen-bond acceptors (Lipinski definition) is 4. The molecule has 8 heteroatoms. The lowest BCUT2D eigenvalue weighted by Gasteiger charge is -2.31. The molecule has 0 saturated heterocycles. The van der Waals surface area contributed by atoms with E-state index in [2.05, 4.69) is 16.9 Å². The van der Waals surface area contributed by atoms with Crippen LogP contribution in [-0.2, 0) is 11.3 Å². The second-order valence-corrected chi connectivity index (χ2v) is 8.83. The zero-order chi connectivity index (χ0) is 24.2. The van der Waals surface area contributed by atoms with Crippen LogP contribution in [0.1, 0.15) is 54.4 Å². The number of carbonyl (C=O) groups is 2. The lowest BCUT2D eigenvalue weighted by molar-refractivity contribution is -0.118. The van der Waals surface area contributed by atoms with Crippen molar-refractivity contribution in [3.8, 4) is 0 Å². The summed E-state index contributed by atoms with van der Waals surface area (Å²) in [5.74, 6) is -0.312. The summed E-state index contributed by atoms with van der Waals surface area (Å²) in [6, 6.07) is 11.7. The van der Waals surface area contributed by atoms with Gasteiger partial charge >= 0.3 is 0 Å². The van der Waals surface area contributed by atoms with Gasteiger partial charge in [0.15, 0.2) is 0 Å². The number of imidazole rings is 1. The third kappa shape index (κ3) is 5.11. The summed E-state index contributed by atoms with van der Waals surface area (Å²) in [6.45, 7) is 4.36. The number of primary amides is 1. The van der Waals surface area contributed by atoms with Crippen LogP contribution in [0.25, 0.3) is 16.7 Å². The largest absolute Gasteiger partial charge is 0.370 e. The lowest BCUT2D eigenvalue weighted by Crippen LogP contribution is -2.38. The molecule has 0 atom stereocenters. The number of rotatable bonds is 8. The quantitative estimate of drug-likeness (QED) is 0.513. The van der Waals surface area contributed by atoms with E-state index < -0.39 is 5.91 Å². The van der Waals surface area contributed by atoms with Gasteiger partial charge in [0.2, 0.25) is 11.9 Å². The van der Waals surface area contributed by atoms with Gasteiger partial charge in [-0.15, -0.1) is 0 Å². The van der Waals surface area contributed by atoms with Crippen molar-refractivity contribution in [2.75, 3.05) is 12.4 Å². The zero-order valence-corrected chi connectivity index (χ0v) is 19.4. The van der Waals surface area contributed by atoms with E-state index in [0.717, 1.165) is 31.2 Å². The molecule has 1 aliphatic carbocycles. The normalized spacial score (nSPS) is 14.2. The zero-order valence-electron chi connectivity index (χ0n) is 19.4. The van der Waals surface area contributed by atoms with E-state index >= 15 is 0 Å². The van der Waals surface area contributed by atoms with Gasteiger partial charge < -0.3 is 20.5 Å². The van der Waals surface area contributed by atoms with Crippen molar-refractivity contribution in [2.24, 2.45) is 5.73 Å². The molecule has 1 saturated carbocycles. The molecule has 0 radical (unpaired) electrons. The first-order chi connectivity index (χ1) is 16.3. The standard InChI is InChI=1S/C26H30FN5O2/c1-17(18-8-11-20(27)12-9-18)29-26-30-22-16-19(10-13-23(22)32(26)15-14-24(28)33)25(34)31(2)21-6-4-3-5-7-21/h8-13,16,21H,1,3-7,14-15H2,2H3,(H2,28,33)(H,29,30). The topological polar surface area (TPSA) is 93.2 Å². The molecule has 2 amide bonds. The Bertz CT molecular complexity index is 1210. The Balaban J connectivity index is 1.63. The minimum Gasteiger partial charge on any atom is -0.370 e. The van der Waals surface area contributed by atoms with Crippen LogP contribution in [0, 0.1) is 5.82 Å². The molecule has 0 unspecified atom stereocenters. The molecule has 1 aromatic heterocycles. The van der Waals surface area contributed by atoms with Gasteiger partial charge in [-0.2, -0.15) is 0 Å². The number of fused-ring (bicyclic) bond motifs is 1. The van der Waals surface area contributed by atoms with Gasteiger partial charge in [0.25, 0.3) is 5.91 Å². The molecule has 0 aliphatic heterocycles. The van der Waals surface area contributed by atoms with Crippen LogP contribution in [0.2, 0.25) is 0 Å². The number of anilines is 1. The predicted molar refractivity (Wildman–Crippen MR) is 132 cm³/mol. The van der Waals surface area contributed by atoms with Gasteiger partial charge in [-0.25, -0.2) is 9.37 Å². The molecule has 4 rings (SSSR count). The molecule has 1 fully saturated rings. The predicted octanol–water partition coefficient (Wildman–Crippen LogP) is 4.54. The van der Waals surface area contributed by atoms with E-state index in [9.17, 15) is 14.0 Å². The first-order valence-corrected chi connectivity index (χ1v) is 11.6. The van der Waals surface area contributed by atoms with Gasteiger partial charge in [0, 0.05) is 37.3 Å². The first-order valence-electron chi connectivity index (χ1n) is 11.6. The molecular weight excluding hydrogens is 433 g/mol. The summed E-state index contributed by atoms with van der Waals surface area (Å²) < 4.78 is 15.1. The van der Waals surface area contributed by atoms with E-state index in [1.54, 1.807) is 24.3 Å². The summed E-state index contributed by atoms with van der Waals surface area (Å²) in [7, 11) is 1.87. The SMILES string of the molecule is C=C(Nc1nc2cc(C(=O)N(C)C3CCCCC3)ccc2n1CCC(N)=O)c1ccc(F)cc1. The minimum absolute atomic E-state index is 0.0225. The van der Waals surface area contributed by atoms with Crippen LogP contribution in [0.5, 0.6) is 0 Å². The lowest BCUT2D eigenvalue weighted by atomic mass is 9.94. The number of nitrogens with one attached hydrogen (secondary N) is 1. The Kier molecular flexibility index (Phi) is 6.95. The van der Waals surface area contributed by atoms with Crippen molar-refractivity contribution >= 4 is 34.5 Å². The summed E-state index contributed by atoms with van der Waals surface area (Å²) in [5, 5.41) is 3.17. The number of hydrogen-bond donors (Lipinski definition) is 2. The van der Waals surface area contributed by atoms with Crippen molar-refractivity contribution in [1.29, 1.82) is 0 Å². The van der Waals surface area contributed by atoms with Gasteiger partial charge in [0.05, 0.1) is 11.0 Å². The fraction of sp³-hybridized carbons (Fsp3) is 0.346. The maximum absolute atomic E-state index is 13.3. The van der Waals surface area contributed by atoms with Crippen molar-refractivity contribution in [3.05, 3.63) is 66.0 Å². The molecule has 1 heterocycles. The highest BCUT2D eigenvalue weighted by Crippen LogP contribution is 2.27. The van der Waals surface area contributed by atoms with Crippen LogP contribution in [0.4, 0.5) is 10.3 Å². The average Bonchev–Trinajstić information content (AvgIpc) is 3.18. The Labute approximate surface area is 198 Å². The summed E-state index contributed by atoms with van der Waals surface area (Å²) in [4.78, 5) is 31.1. The number of aromatic nitrogens is 2. The summed E-state index contributed by atoms with van der Waals surface area (Å²) in [6.07, 6.45) is 5.73. The number of carbonyl (C=O) groups excluding carboxylic acids is 2. The van der Waals surface area contributed by atoms with Crippen molar-refractivity contribution in [3.63, 3.8) is 0 Å². The molecular formula is C26H30FN5O2. The Morgan fingerprint density at radius 1 is 1.15 bits per heavy atom. The Morgan fingerprint density at radius 3 is 2.50 bits per heavy atom. The number of nitrogens with zero attached hydrogens (tertiary/aromatic N) is 3. The van der Waals surface area contributed by atoms with E-state index in [0.29, 0.717) is 34.8 Å². The maximum Gasteiger partial charge on any atom is 0.253 e. The van der Waals surface area contributed by atoms with Crippen molar-refractivity contribution in [2.45, 2.75) is 51.1 Å². The molecule has 1 aliphatic rings. The fourth-order valence-electron chi connectivity index (χ4n) is 4.50. The third-order valence-corrected chi connectivity index (χ3v) is 6.48. The Morgan fingerprint density at radius 2 is 1.82 bits per heavy atom. The van der Waals surface area contributed by atoms with E-state index in [4.69, 9.17) is 5.73 Å². The van der Waals surface area contributed by atoms with Crippen LogP contribution >= 0.6 is 0 Å². The number of aryl methyl sites for hydroxylation is 1. The second kappa shape index (κ2) is 10.1. The van der Waals surface area contributed by atoms with Crippen LogP contribution < -0.4 is 11.1 Å². The molecule has 7 nitrogen and oxygen atoms in total. The van der Waals surface area contributed by atoms with Crippen molar-refractivity contribution < 1.29 is 14.0 Å². The van der Waals surface area contributed by atoms with E-state index in [-0.39, 0.29) is 24.2 Å². The Hall–Kier alpha value is -3.68. The number of nitrogens with two attached hydrogens (primary N) is 1. The maximum atomic E-state index is 13.3. The smallest absolute Gasteiger partial charge is 0.253 e. The highest BCUT2D eigenvalue weighted by molar-refractivity contribution is 5.98. The third-order valence-electron chi connectivity index (χ3n) is 6.48. The van der Waals surface area contributed by atoms with Gasteiger partial charge in [-0.05, 0) is 48.7 Å². The minimum atomic E-state index is -0.425. The van der Waals surface area contributed by atoms with E-state index in [1.165, 1.54) is 18.6 Å². The monoisotopic (exact) mass is 463 g/mol. The van der Waals surface area contributed by atoms with Gasteiger partial charge in [-0.3, -0.25) is 9.59 Å². The highest BCUT2D eigenvalue weighted by atomic mass is 19.1. The van der Waals surface area contributed by atoms with Crippen LogP contribution in [0.3, 0.4) is 0 Å². The molecule has 178 valence electrons. The fourth-order valence-corrected chi connectivity index (χ4v) is 4.50. The number of halogens is 1. The molecule has 3 aromatic rings. The van der Waals surface area contributed by atoms with Crippen molar-refractivity contribution in [1.82, 2.24) is 14.5 Å². The van der Waals surface area contributed by atoms with Crippen LogP contribution in [0.15, 0.2) is 49.0 Å². The molecule has 0 spiro atoms. The molecule has 34 heavy (non-hydrogen) atoms. The van der Waals surface area contributed by atoms with Gasteiger partial charge in [0.1, 0.15) is 5.82 Å². The second-order valence-electron chi connectivity index (χ2n) is 8.83. The molecule has 2 aromatic carbocycles. The van der Waals surface area contributed by atoms with Crippen LogP contribution in [-0.4, -0.2) is 39.4 Å². The molecule has 0 bridgehead atoms. The average molecular weight is 464 g/mol. The molecule has 3 N–H and O–H groups in total. The number of amides is 2. The van der Waals surface area contributed by atoms with Gasteiger partial charge in [-0.1, -0.05) is 38.0 Å². The van der Waals surface area contributed by atoms with E-state index in [1.807, 2.05) is 22.6 Å². The number of benzene rings is 2. The summed E-state index contributed by atoms with van der Waals surface area (Å²) in [5.41, 5.74) is 8.59. The summed E-state index contributed by atoms with van der Waals surface area (Å²) >= 11 is 0. The highest BCUT2D eigenvalue weighted by Gasteiger charge is 2.24. The first kappa shape index (κ1) is 23.5.